The van der Waals surface area contributed by atoms with Crippen molar-refractivity contribution < 1.29 is 28.3 Å². The molecule has 1 atom stereocenters. The molecule has 1 aliphatic rings. The maximum absolute atomic E-state index is 12.7. The van der Waals surface area contributed by atoms with Gasteiger partial charge in [-0.2, -0.15) is 8.78 Å². The monoisotopic (exact) mass is 409 g/mol. The highest BCUT2D eigenvalue weighted by atomic mass is 32.2. The molecule has 0 aromatic heterocycles. The number of imide groups is 1. The molecule has 1 aliphatic heterocycles. The van der Waals surface area contributed by atoms with E-state index in [1.165, 1.54) is 30.3 Å². The van der Waals surface area contributed by atoms with Crippen molar-refractivity contribution in [2.75, 3.05) is 4.90 Å². The SMILES string of the molecule is O=C(O)c1ccccc1S[C@H]1CC(=O)N(c2ccc(SC(F)F)cc2)C1=O. The number of thioether (sulfide) groups is 2. The molecule has 0 aliphatic carbocycles. The molecular weight excluding hydrogens is 396 g/mol. The van der Waals surface area contributed by atoms with Crippen molar-refractivity contribution in [2.45, 2.75) is 27.2 Å². The van der Waals surface area contributed by atoms with Gasteiger partial charge in [-0.05, 0) is 36.4 Å². The van der Waals surface area contributed by atoms with E-state index in [1.807, 2.05) is 0 Å². The summed E-state index contributed by atoms with van der Waals surface area (Å²) in [6.07, 6.45) is -0.0645. The van der Waals surface area contributed by atoms with Crippen LogP contribution in [0.3, 0.4) is 0 Å². The number of amides is 2. The first kappa shape index (κ1) is 19.4. The number of rotatable bonds is 6. The van der Waals surface area contributed by atoms with Gasteiger partial charge in [0.05, 0.1) is 16.5 Å². The summed E-state index contributed by atoms with van der Waals surface area (Å²) >= 11 is 1.41. The van der Waals surface area contributed by atoms with Crippen molar-refractivity contribution in [1.82, 2.24) is 0 Å². The van der Waals surface area contributed by atoms with Gasteiger partial charge < -0.3 is 5.11 Å². The molecule has 5 nitrogen and oxygen atoms in total. The average molecular weight is 409 g/mol. The van der Waals surface area contributed by atoms with Crippen LogP contribution in [-0.2, 0) is 9.59 Å². The highest BCUT2D eigenvalue weighted by molar-refractivity contribution is 8.00. The normalized spacial score (nSPS) is 17.0. The Bertz CT molecular complexity index is 889. The summed E-state index contributed by atoms with van der Waals surface area (Å²) in [7, 11) is 0. The number of aromatic carboxylic acids is 1. The molecule has 9 heteroatoms. The lowest BCUT2D eigenvalue weighted by Gasteiger charge is -2.15. The molecule has 2 aromatic rings. The number of carboxylic acids is 1. The van der Waals surface area contributed by atoms with Gasteiger partial charge in [-0.15, -0.1) is 11.8 Å². The minimum atomic E-state index is -2.55. The Hall–Kier alpha value is -2.39. The van der Waals surface area contributed by atoms with Crippen LogP contribution in [0.25, 0.3) is 0 Å². The number of hydrogen-bond donors (Lipinski definition) is 1. The van der Waals surface area contributed by atoms with Gasteiger partial charge in [-0.1, -0.05) is 23.9 Å². The number of benzene rings is 2. The zero-order chi connectivity index (χ0) is 19.6. The minimum absolute atomic E-state index is 0.0644. The van der Waals surface area contributed by atoms with Gasteiger partial charge >= 0.3 is 5.97 Å². The quantitative estimate of drug-likeness (QED) is 0.571. The fraction of sp³-hybridized carbons (Fsp3) is 0.167. The van der Waals surface area contributed by atoms with E-state index in [2.05, 4.69) is 0 Å². The number of halogens is 2. The molecule has 27 heavy (non-hydrogen) atoms. The molecule has 1 N–H and O–H groups in total. The number of carbonyl (C=O) groups excluding carboxylic acids is 2. The van der Waals surface area contributed by atoms with Gasteiger partial charge in [0.15, 0.2) is 0 Å². The van der Waals surface area contributed by atoms with Crippen molar-refractivity contribution in [3.05, 3.63) is 54.1 Å². The van der Waals surface area contributed by atoms with E-state index in [0.29, 0.717) is 27.2 Å². The summed E-state index contributed by atoms with van der Waals surface area (Å²) in [5.41, 5.74) is 0.368. The zero-order valence-electron chi connectivity index (χ0n) is 13.7. The molecule has 2 aromatic carbocycles. The number of carboxylic acid groups (broad SMARTS) is 1. The van der Waals surface area contributed by atoms with E-state index in [1.54, 1.807) is 18.2 Å². The Morgan fingerprint density at radius 1 is 1.11 bits per heavy atom. The van der Waals surface area contributed by atoms with Crippen LogP contribution in [0.15, 0.2) is 58.3 Å². The van der Waals surface area contributed by atoms with Crippen LogP contribution < -0.4 is 4.90 Å². The van der Waals surface area contributed by atoms with Crippen LogP contribution in [0.2, 0.25) is 0 Å². The maximum Gasteiger partial charge on any atom is 0.336 e. The van der Waals surface area contributed by atoms with Crippen molar-refractivity contribution in [3.63, 3.8) is 0 Å². The molecule has 0 unspecified atom stereocenters. The summed E-state index contributed by atoms with van der Waals surface area (Å²) < 4.78 is 24.8. The van der Waals surface area contributed by atoms with E-state index in [0.717, 1.165) is 16.7 Å². The van der Waals surface area contributed by atoms with Crippen molar-refractivity contribution in [3.8, 4) is 0 Å². The average Bonchev–Trinajstić information content (AvgIpc) is 2.89. The predicted octanol–water partition coefficient (Wildman–Crippen LogP) is 4.12. The van der Waals surface area contributed by atoms with Gasteiger partial charge in [-0.3, -0.25) is 9.59 Å². The second-order valence-corrected chi connectivity index (χ2v) is 7.86. The van der Waals surface area contributed by atoms with Gasteiger partial charge in [0.2, 0.25) is 11.8 Å². The van der Waals surface area contributed by atoms with Crippen LogP contribution >= 0.6 is 23.5 Å². The van der Waals surface area contributed by atoms with Crippen LogP contribution in [0.1, 0.15) is 16.8 Å². The van der Waals surface area contributed by atoms with Gasteiger partial charge in [0.1, 0.15) is 0 Å². The number of alkyl halides is 2. The molecule has 1 saturated heterocycles. The molecule has 0 radical (unpaired) electrons. The highest BCUT2D eigenvalue weighted by Crippen LogP contribution is 2.36. The smallest absolute Gasteiger partial charge is 0.336 e. The van der Waals surface area contributed by atoms with E-state index in [9.17, 15) is 28.3 Å². The Balaban J connectivity index is 1.78. The Morgan fingerprint density at radius 3 is 2.41 bits per heavy atom. The number of nitrogens with zero attached hydrogens (tertiary/aromatic N) is 1. The summed E-state index contributed by atoms with van der Waals surface area (Å²) in [6.45, 7) is 0. The summed E-state index contributed by atoms with van der Waals surface area (Å²) in [6, 6.07) is 12.0. The number of anilines is 1. The lowest BCUT2D eigenvalue weighted by atomic mass is 10.2. The third-order valence-corrected chi connectivity index (χ3v) is 5.80. The molecule has 0 bridgehead atoms. The second kappa shape index (κ2) is 8.10. The van der Waals surface area contributed by atoms with Gasteiger partial charge in [0, 0.05) is 16.2 Å². The first-order valence-corrected chi connectivity index (χ1v) is 9.53. The highest BCUT2D eigenvalue weighted by Gasteiger charge is 2.40. The lowest BCUT2D eigenvalue weighted by molar-refractivity contribution is -0.121. The van der Waals surface area contributed by atoms with Gasteiger partial charge in [0.25, 0.3) is 5.76 Å². The second-order valence-electron chi connectivity index (χ2n) is 5.55. The number of carbonyl (C=O) groups is 3. The Morgan fingerprint density at radius 2 is 1.78 bits per heavy atom. The topological polar surface area (TPSA) is 74.7 Å². The van der Waals surface area contributed by atoms with Crippen LogP contribution in [-0.4, -0.2) is 33.9 Å². The molecule has 3 rings (SSSR count). The Labute approximate surface area is 161 Å². The molecule has 0 saturated carbocycles. The maximum atomic E-state index is 12.7. The standard InChI is InChI=1S/C18H13F2NO4S2/c19-18(20)26-11-7-5-10(6-8-11)21-15(22)9-14(16(21)23)27-13-4-2-1-3-12(13)17(24)25/h1-8,14,18H,9H2,(H,24,25)/t14-/m0/s1. The third-order valence-electron chi connectivity index (χ3n) is 3.81. The molecule has 2 amide bonds. The molecule has 1 heterocycles. The first-order chi connectivity index (χ1) is 12.9. The van der Waals surface area contributed by atoms with E-state index in [4.69, 9.17) is 0 Å². The fourth-order valence-electron chi connectivity index (χ4n) is 2.64. The molecule has 0 spiro atoms. The summed E-state index contributed by atoms with van der Waals surface area (Å²) in [5.74, 6) is -4.54. The minimum Gasteiger partial charge on any atom is -0.478 e. The third kappa shape index (κ3) is 4.30. The summed E-state index contributed by atoms with van der Waals surface area (Å²) in [4.78, 5) is 38.0. The zero-order valence-corrected chi connectivity index (χ0v) is 15.3. The number of hydrogen-bond acceptors (Lipinski definition) is 5. The molecule has 1 fully saturated rings. The van der Waals surface area contributed by atoms with Gasteiger partial charge in [-0.25, -0.2) is 9.69 Å². The van der Waals surface area contributed by atoms with E-state index >= 15 is 0 Å². The molecule has 140 valence electrons. The van der Waals surface area contributed by atoms with E-state index < -0.39 is 28.8 Å². The van der Waals surface area contributed by atoms with E-state index in [-0.39, 0.29) is 12.0 Å². The van der Waals surface area contributed by atoms with Crippen LogP contribution in [0, 0.1) is 0 Å². The largest absolute Gasteiger partial charge is 0.478 e. The predicted molar refractivity (Wildman–Crippen MR) is 98.5 cm³/mol. The van der Waals surface area contributed by atoms with Crippen molar-refractivity contribution in [2.24, 2.45) is 0 Å². The lowest BCUT2D eigenvalue weighted by Crippen LogP contribution is -2.31. The molecular formula is C18H13F2NO4S2. The Kier molecular flexibility index (Phi) is 5.81. The fourth-order valence-corrected chi connectivity index (χ4v) is 4.32. The van der Waals surface area contributed by atoms with Crippen LogP contribution in [0.4, 0.5) is 14.5 Å². The van der Waals surface area contributed by atoms with Crippen LogP contribution in [0.5, 0.6) is 0 Å². The van der Waals surface area contributed by atoms with Crippen molar-refractivity contribution >= 4 is 47.0 Å². The van der Waals surface area contributed by atoms with Crippen molar-refractivity contribution in [1.29, 1.82) is 0 Å². The summed E-state index contributed by atoms with van der Waals surface area (Å²) in [5, 5.41) is 8.50. The first-order valence-electron chi connectivity index (χ1n) is 7.77.